The second kappa shape index (κ2) is 10.4. The number of pyridine rings is 1. The minimum atomic E-state index is -0.598. The number of anilines is 2. The van der Waals surface area contributed by atoms with Gasteiger partial charge in [-0.25, -0.2) is 28.7 Å². The second-order valence-corrected chi connectivity index (χ2v) is 10.7. The lowest BCUT2D eigenvalue weighted by Gasteiger charge is -2.32. The predicted octanol–water partition coefficient (Wildman–Crippen LogP) is 2.72. The highest BCUT2D eigenvalue weighted by Gasteiger charge is 2.27. The van der Waals surface area contributed by atoms with Crippen LogP contribution in [0, 0.1) is 12.7 Å². The van der Waals surface area contributed by atoms with E-state index in [1.165, 1.54) is 0 Å². The van der Waals surface area contributed by atoms with Gasteiger partial charge in [0, 0.05) is 43.6 Å². The number of imidazole rings is 1. The van der Waals surface area contributed by atoms with Gasteiger partial charge >= 0.3 is 0 Å². The van der Waals surface area contributed by atoms with Gasteiger partial charge in [-0.2, -0.15) is 0 Å². The van der Waals surface area contributed by atoms with Crippen molar-refractivity contribution in [3.63, 3.8) is 0 Å². The molecule has 0 bridgehead atoms. The lowest BCUT2D eigenvalue weighted by molar-refractivity contribution is -0.136. The first kappa shape index (κ1) is 26.9. The molecule has 4 heterocycles. The molecule has 9 nitrogen and oxygen atoms in total. The number of carbonyl (C=O) groups excluding carboxylic acids is 1. The summed E-state index contributed by atoms with van der Waals surface area (Å²) in [5.74, 6) is -0.0674. The molecule has 0 spiro atoms. The topological polar surface area (TPSA) is 92.1 Å². The summed E-state index contributed by atoms with van der Waals surface area (Å²) in [7, 11) is 3.78. The standard InChI is InChI=1S/C28H34F2N8O/c1-15(2)38-17(4)32-26-20(29)11-19(12-23(26)38)25-21(30)13-31-28(35-25)34-24-8-7-18-14-37(10-9-22(18)33-24)27(39)16(3)36(5)6/h7-8,12-13,15-16,19H,9-11,14H2,1-6H3,(H,31,33,34,35)/t16-,19?/m1/s1. The largest absolute Gasteiger partial charge is 0.337 e. The van der Waals surface area contributed by atoms with E-state index in [0.29, 0.717) is 41.9 Å². The Bertz CT molecular complexity index is 1550. The summed E-state index contributed by atoms with van der Waals surface area (Å²) in [6.45, 7) is 8.84. The Balaban J connectivity index is 1.38. The van der Waals surface area contributed by atoms with Gasteiger partial charge in [0.25, 0.3) is 0 Å². The molecule has 2 aliphatic rings. The summed E-state index contributed by atoms with van der Waals surface area (Å²) < 4.78 is 31.9. The van der Waals surface area contributed by atoms with Crippen LogP contribution in [0.4, 0.5) is 20.5 Å². The van der Waals surface area contributed by atoms with Gasteiger partial charge in [-0.15, -0.1) is 0 Å². The Labute approximate surface area is 226 Å². The fourth-order valence-electron chi connectivity index (χ4n) is 5.26. The van der Waals surface area contributed by atoms with Crippen molar-refractivity contribution >= 4 is 29.6 Å². The van der Waals surface area contributed by atoms with Crippen molar-refractivity contribution in [2.45, 2.75) is 65.1 Å². The van der Waals surface area contributed by atoms with Gasteiger partial charge < -0.3 is 14.8 Å². The van der Waals surface area contributed by atoms with E-state index in [4.69, 9.17) is 4.98 Å². The van der Waals surface area contributed by atoms with Crippen molar-refractivity contribution in [2.24, 2.45) is 0 Å². The van der Waals surface area contributed by atoms with E-state index < -0.39 is 11.7 Å². The summed E-state index contributed by atoms with van der Waals surface area (Å²) >= 11 is 0. The van der Waals surface area contributed by atoms with Crippen LogP contribution in [0.25, 0.3) is 11.9 Å². The van der Waals surface area contributed by atoms with Crippen molar-refractivity contribution in [3.8, 4) is 0 Å². The number of likely N-dealkylation sites (N-methyl/N-ethyl adjacent to an activating group) is 1. The SMILES string of the molecule is Cc1nc2c(n1C(C)C)=CC(c1nc(Nc3ccc4c(n3)CCN(C(=O)[C@@H](C)N(C)C)C4)ncc1F)CC=2F. The fraction of sp³-hybridized carbons (Fsp3) is 0.464. The van der Waals surface area contributed by atoms with Crippen molar-refractivity contribution in [1.82, 2.24) is 34.3 Å². The molecule has 11 heteroatoms. The van der Waals surface area contributed by atoms with Crippen LogP contribution in [-0.2, 0) is 17.8 Å². The number of nitrogens with zero attached hydrogens (tertiary/aromatic N) is 7. The normalized spacial score (nSPS) is 17.6. The van der Waals surface area contributed by atoms with Crippen LogP contribution < -0.4 is 16.0 Å². The maximum absolute atomic E-state index is 15.1. The minimum absolute atomic E-state index is 0.0202. The highest BCUT2D eigenvalue weighted by Crippen LogP contribution is 2.29. The molecule has 0 fully saturated rings. The fourth-order valence-corrected chi connectivity index (χ4v) is 5.26. The molecule has 0 radical (unpaired) electrons. The van der Waals surface area contributed by atoms with Crippen molar-refractivity contribution in [3.05, 3.63) is 57.6 Å². The number of halogens is 2. The minimum Gasteiger partial charge on any atom is -0.337 e. The molecule has 1 amide bonds. The van der Waals surface area contributed by atoms with Crippen LogP contribution in [0.1, 0.15) is 61.9 Å². The molecule has 0 aromatic carbocycles. The van der Waals surface area contributed by atoms with Crippen molar-refractivity contribution < 1.29 is 13.6 Å². The Morgan fingerprint density at radius 2 is 1.92 bits per heavy atom. The summed E-state index contributed by atoms with van der Waals surface area (Å²) in [4.78, 5) is 34.1. The molecule has 3 aromatic rings. The maximum Gasteiger partial charge on any atom is 0.239 e. The average molecular weight is 537 g/mol. The number of aryl methyl sites for hydroxylation is 1. The van der Waals surface area contributed by atoms with Crippen LogP contribution >= 0.6 is 0 Å². The summed E-state index contributed by atoms with van der Waals surface area (Å²) in [6.07, 6.45) is 3.55. The van der Waals surface area contributed by atoms with Crippen molar-refractivity contribution in [2.75, 3.05) is 26.0 Å². The highest BCUT2D eigenvalue weighted by atomic mass is 19.1. The van der Waals surface area contributed by atoms with Gasteiger partial charge in [0.05, 0.1) is 23.3 Å². The molecule has 1 unspecified atom stereocenters. The number of amides is 1. The Morgan fingerprint density at radius 1 is 1.15 bits per heavy atom. The molecule has 206 valence electrons. The summed E-state index contributed by atoms with van der Waals surface area (Å²) in [5, 5.41) is 4.04. The molecule has 2 atom stereocenters. The van der Waals surface area contributed by atoms with E-state index in [1.54, 1.807) is 6.07 Å². The van der Waals surface area contributed by atoms with Crippen LogP contribution in [-0.4, -0.2) is 66.9 Å². The zero-order valence-electron chi connectivity index (χ0n) is 23.2. The Hall–Kier alpha value is -3.73. The van der Waals surface area contributed by atoms with Gasteiger partial charge in [-0.1, -0.05) is 6.07 Å². The lowest BCUT2D eigenvalue weighted by Crippen LogP contribution is -2.46. The number of fused-ring (bicyclic) bond motifs is 2. The molecule has 1 aliphatic heterocycles. The number of carbonyl (C=O) groups is 1. The third kappa shape index (κ3) is 5.15. The number of hydrogen-bond acceptors (Lipinski definition) is 7. The van der Waals surface area contributed by atoms with Gasteiger partial charge in [0.2, 0.25) is 11.9 Å². The van der Waals surface area contributed by atoms with E-state index in [-0.39, 0.29) is 41.9 Å². The zero-order valence-corrected chi connectivity index (χ0v) is 23.2. The number of rotatable bonds is 6. The van der Waals surface area contributed by atoms with E-state index in [2.05, 4.69) is 20.3 Å². The van der Waals surface area contributed by atoms with Crippen molar-refractivity contribution in [1.29, 1.82) is 0 Å². The Kier molecular flexibility index (Phi) is 7.19. The smallest absolute Gasteiger partial charge is 0.239 e. The van der Waals surface area contributed by atoms with Crippen LogP contribution in [0.2, 0.25) is 0 Å². The molecular formula is C28H34F2N8O. The van der Waals surface area contributed by atoms with Crippen LogP contribution in [0.5, 0.6) is 0 Å². The molecule has 1 N–H and O–H groups in total. The van der Waals surface area contributed by atoms with Crippen LogP contribution in [0.15, 0.2) is 18.3 Å². The first-order chi connectivity index (χ1) is 18.5. The number of aromatic nitrogens is 5. The highest BCUT2D eigenvalue weighted by molar-refractivity contribution is 5.81. The lowest BCUT2D eigenvalue weighted by atomic mass is 9.96. The average Bonchev–Trinajstić information content (AvgIpc) is 3.25. The monoisotopic (exact) mass is 536 g/mol. The number of nitrogens with one attached hydrogen (secondary N) is 1. The van der Waals surface area contributed by atoms with Gasteiger partial charge in [0.15, 0.2) is 5.82 Å². The first-order valence-electron chi connectivity index (χ1n) is 13.2. The van der Waals surface area contributed by atoms with E-state index in [9.17, 15) is 9.18 Å². The zero-order chi connectivity index (χ0) is 28.0. The quantitative estimate of drug-likeness (QED) is 0.518. The summed E-state index contributed by atoms with van der Waals surface area (Å²) in [5.41, 5.74) is 2.00. The van der Waals surface area contributed by atoms with E-state index in [1.807, 2.05) is 68.3 Å². The maximum atomic E-state index is 15.1. The summed E-state index contributed by atoms with van der Waals surface area (Å²) in [6, 6.07) is 3.61. The second-order valence-electron chi connectivity index (χ2n) is 10.7. The van der Waals surface area contributed by atoms with Crippen LogP contribution in [0.3, 0.4) is 0 Å². The number of hydrogen-bond donors (Lipinski definition) is 1. The first-order valence-corrected chi connectivity index (χ1v) is 13.2. The molecule has 1 aliphatic carbocycles. The third-order valence-electron chi connectivity index (χ3n) is 7.51. The van der Waals surface area contributed by atoms with E-state index in [0.717, 1.165) is 17.5 Å². The molecule has 5 rings (SSSR count). The predicted molar refractivity (Wildman–Crippen MR) is 145 cm³/mol. The molecular weight excluding hydrogens is 502 g/mol. The molecule has 39 heavy (non-hydrogen) atoms. The van der Waals surface area contributed by atoms with E-state index >= 15 is 4.39 Å². The molecule has 0 saturated carbocycles. The third-order valence-corrected chi connectivity index (χ3v) is 7.51. The molecule has 0 saturated heterocycles. The van der Waals surface area contributed by atoms with Gasteiger partial charge in [0.1, 0.15) is 22.8 Å². The van der Waals surface area contributed by atoms with Gasteiger partial charge in [-0.3, -0.25) is 9.69 Å². The van der Waals surface area contributed by atoms with Gasteiger partial charge in [-0.05, 0) is 59.5 Å². The molecule has 3 aromatic heterocycles. The Morgan fingerprint density at radius 3 is 2.64 bits per heavy atom.